The standard InChI is InChI=1S/C13H9.C7H9.2C7H7.CH2.2ClH.Zr/c1-3-7-12-10(5-1)9-11-6-2-4-8-13(11)12;1-6-3-4-7(2)5-6;2*1-7-5-3-2-4-6-7;;;;/h1-5,7-8H,9H2;3,5,7H,1-2H3;2*3-6H,1H3;1H2;2*1H;. The van der Waals surface area contributed by atoms with Crippen LogP contribution in [0.2, 0.25) is 0 Å². The molecule has 1 atom stereocenters. The number of halogens is 2. The van der Waals surface area contributed by atoms with Crippen molar-refractivity contribution in [1.82, 2.24) is 0 Å². The van der Waals surface area contributed by atoms with Crippen molar-refractivity contribution in [3.63, 3.8) is 0 Å². The summed E-state index contributed by atoms with van der Waals surface area (Å²) < 4.78 is 11.5. The topological polar surface area (TPSA) is 0 Å². The molecule has 4 aromatic carbocycles. The second-order valence-corrected chi connectivity index (χ2v) is 23.9. The Kier molecular flexibility index (Phi) is 7.81. The summed E-state index contributed by atoms with van der Waals surface area (Å²) in [5.74, 6) is 0.357. The van der Waals surface area contributed by atoms with Crippen LogP contribution in [0, 0.1) is 19.8 Å². The second kappa shape index (κ2) is 10.3. The molecule has 38 heavy (non-hydrogen) atoms. The van der Waals surface area contributed by atoms with Gasteiger partial charge < -0.3 is 0 Å². The third-order valence-corrected chi connectivity index (χ3v) is 25.4. The van der Waals surface area contributed by atoms with Gasteiger partial charge >= 0.3 is 218 Å². The number of aryl methyl sites for hydroxylation is 2. The van der Waals surface area contributed by atoms with Crippen LogP contribution in [0.4, 0.5) is 0 Å². The molecule has 4 aromatic rings. The van der Waals surface area contributed by atoms with Crippen molar-refractivity contribution < 1.29 is 18.3 Å². The summed E-state index contributed by atoms with van der Waals surface area (Å²) in [6.45, 7) is 8.99. The maximum absolute atomic E-state index is 5.59. The minimum atomic E-state index is -4.63. The molecule has 0 spiro atoms. The van der Waals surface area contributed by atoms with Gasteiger partial charge in [0, 0.05) is 0 Å². The predicted octanol–water partition coefficient (Wildman–Crippen LogP) is 7.60. The fourth-order valence-electron chi connectivity index (χ4n) is 7.05. The molecule has 0 radical (unpaired) electrons. The summed E-state index contributed by atoms with van der Waals surface area (Å²) >= 11 is -4.63. The first-order valence-electron chi connectivity index (χ1n) is 13.1. The first-order valence-corrected chi connectivity index (χ1v) is 19.7. The number of hydrogen-bond donors (Lipinski definition) is 0. The number of hydrogen-bond acceptors (Lipinski definition) is 0. The van der Waals surface area contributed by atoms with Gasteiger partial charge in [0.05, 0.1) is 0 Å². The SMILES string of the molecule is Cl.Cl.[CH2]=[Zr]([C]1=CC(C)=CC1C)([c]1ccc(C)cc1)([c]1ccc(C)cc1)[c]1cccc2c1Cc1ccccc1-2. The molecule has 0 aromatic heterocycles. The van der Waals surface area contributed by atoms with Crippen LogP contribution in [0.25, 0.3) is 11.1 Å². The molecule has 0 fully saturated rings. The Hall–Kier alpha value is -2.31. The molecule has 1 unspecified atom stereocenters. The molecule has 0 saturated heterocycles. The summed E-state index contributed by atoms with van der Waals surface area (Å²) in [5, 5.41) is 0. The Labute approximate surface area is 241 Å². The van der Waals surface area contributed by atoms with Gasteiger partial charge in [0.15, 0.2) is 0 Å². The third kappa shape index (κ3) is 4.02. The normalized spacial score (nSPS) is 16.0. The van der Waals surface area contributed by atoms with Crippen LogP contribution in [0.15, 0.2) is 112 Å². The Balaban J connectivity index is 0.00000168. The average Bonchev–Trinajstić information content (AvgIpc) is 3.43. The first kappa shape index (κ1) is 28.7. The fourth-order valence-corrected chi connectivity index (χ4v) is 23.6. The summed E-state index contributed by atoms with van der Waals surface area (Å²) in [6, 6.07) is 34.7. The summed E-state index contributed by atoms with van der Waals surface area (Å²) in [6.07, 6.45) is 5.91. The van der Waals surface area contributed by atoms with E-state index in [0.29, 0.717) is 5.92 Å². The molecule has 0 amide bonds. The van der Waals surface area contributed by atoms with E-state index in [1.165, 1.54) is 48.8 Å². The van der Waals surface area contributed by atoms with Gasteiger partial charge in [-0.1, -0.05) is 0 Å². The number of rotatable bonds is 4. The van der Waals surface area contributed by atoms with Crippen LogP contribution in [0.3, 0.4) is 0 Å². The van der Waals surface area contributed by atoms with Gasteiger partial charge in [-0.3, -0.25) is 0 Å². The van der Waals surface area contributed by atoms with E-state index in [2.05, 4.69) is 131 Å². The molecule has 194 valence electrons. The van der Waals surface area contributed by atoms with Crippen molar-refractivity contribution in [2.75, 3.05) is 0 Å². The van der Waals surface area contributed by atoms with Crippen LogP contribution < -0.4 is 9.81 Å². The van der Waals surface area contributed by atoms with Crippen LogP contribution >= 0.6 is 24.8 Å². The Morgan fingerprint density at radius 2 is 1.24 bits per heavy atom. The average molecular weight is 619 g/mol. The van der Waals surface area contributed by atoms with Crippen LogP contribution in [-0.2, 0) is 24.7 Å². The van der Waals surface area contributed by atoms with Crippen molar-refractivity contribution in [1.29, 1.82) is 0 Å². The van der Waals surface area contributed by atoms with Crippen molar-refractivity contribution >= 4 is 38.8 Å². The molecule has 3 heteroatoms. The molecular weight excluding hydrogens is 583 g/mol. The van der Waals surface area contributed by atoms with Crippen LogP contribution in [-0.4, -0.2) is 4.21 Å². The molecule has 2 aliphatic rings. The molecule has 0 bridgehead atoms. The van der Waals surface area contributed by atoms with Gasteiger partial charge in [-0.05, 0) is 0 Å². The van der Waals surface area contributed by atoms with E-state index in [4.69, 9.17) is 4.21 Å². The molecule has 0 nitrogen and oxygen atoms in total. The summed E-state index contributed by atoms with van der Waals surface area (Å²) in [4.78, 5) is 0. The summed E-state index contributed by atoms with van der Waals surface area (Å²) in [7, 11) is 0. The van der Waals surface area contributed by atoms with Gasteiger partial charge in [0.2, 0.25) is 0 Å². The van der Waals surface area contributed by atoms with Crippen molar-refractivity contribution in [2.45, 2.75) is 34.1 Å². The predicted molar refractivity (Wildman–Crippen MR) is 169 cm³/mol. The van der Waals surface area contributed by atoms with Gasteiger partial charge in [-0.2, -0.15) is 0 Å². The molecule has 0 N–H and O–H groups in total. The van der Waals surface area contributed by atoms with E-state index in [0.717, 1.165) is 6.42 Å². The van der Waals surface area contributed by atoms with E-state index < -0.39 is 18.3 Å². The maximum atomic E-state index is 5.59. The van der Waals surface area contributed by atoms with Crippen molar-refractivity contribution in [3.05, 3.63) is 134 Å². The van der Waals surface area contributed by atoms with E-state index in [1.807, 2.05) is 0 Å². The number of benzene rings is 4. The summed E-state index contributed by atoms with van der Waals surface area (Å²) in [5.41, 5.74) is 9.63. The molecule has 6 rings (SSSR count). The molecule has 0 aliphatic heterocycles. The van der Waals surface area contributed by atoms with Crippen LogP contribution in [0.5, 0.6) is 0 Å². The van der Waals surface area contributed by atoms with Gasteiger partial charge in [-0.15, -0.1) is 24.8 Å². The Morgan fingerprint density at radius 3 is 1.79 bits per heavy atom. The zero-order valence-electron chi connectivity index (χ0n) is 22.6. The van der Waals surface area contributed by atoms with Crippen molar-refractivity contribution in [3.8, 4) is 11.1 Å². The third-order valence-electron chi connectivity index (χ3n) is 8.85. The van der Waals surface area contributed by atoms with Crippen molar-refractivity contribution in [2.24, 2.45) is 5.92 Å². The zero-order valence-corrected chi connectivity index (χ0v) is 26.7. The molecule has 0 heterocycles. The van der Waals surface area contributed by atoms with Gasteiger partial charge in [0.1, 0.15) is 0 Å². The first-order chi connectivity index (χ1) is 17.3. The Bertz CT molecular complexity index is 1590. The number of fused-ring (bicyclic) bond motifs is 3. The van der Waals surface area contributed by atoms with E-state index >= 15 is 0 Å². The van der Waals surface area contributed by atoms with Gasteiger partial charge in [0.25, 0.3) is 0 Å². The second-order valence-electron chi connectivity index (χ2n) is 11.2. The van der Waals surface area contributed by atoms with E-state index in [9.17, 15) is 0 Å². The zero-order chi connectivity index (χ0) is 25.1. The van der Waals surface area contributed by atoms with Gasteiger partial charge in [-0.25, -0.2) is 0 Å². The monoisotopic (exact) mass is 616 g/mol. The van der Waals surface area contributed by atoms with E-state index in [-0.39, 0.29) is 24.8 Å². The van der Waals surface area contributed by atoms with Crippen LogP contribution in [0.1, 0.15) is 36.1 Å². The quantitative estimate of drug-likeness (QED) is 0.195. The fraction of sp³-hybridized carbons (Fsp3) is 0.171. The minimum absolute atomic E-state index is 0. The molecule has 0 saturated carbocycles. The Morgan fingerprint density at radius 1 is 0.684 bits per heavy atom. The van der Waals surface area contributed by atoms with E-state index in [1.54, 1.807) is 3.28 Å². The molecule has 2 aliphatic carbocycles. The molecular formula is C35H36Cl2Zr. The number of allylic oxidation sites excluding steroid dienone is 4.